The standard InChI is InChI=1S/C17H22N4O2S/c1-12(14-4-3-5-16(9-14)24(18,22)23)21(2)17-10-15(19-11-20-17)8-13-6-7-13/h3-5,9-13H,6-8H2,1-2H3,(H2,18,22,23). The molecule has 1 aromatic carbocycles. The monoisotopic (exact) mass is 346 g/mol. The van der Waals surface area contributed by atoms with E-state index in [-0.39, 0.29) is 10.9 Å². The van der Waals surface area contributed by atoms with Crippen LogP contribution in [0.2, 0.25) is 0 Å². The van der Waals surface area contributed by atoms with E-state index < -0.39 is 10.0 Å². The van der Waals surface area contributed by atoms with Gasteiger partial charge in [0.2, 0.25) is 10.0 Å². The van der Waals surface area contributed by atoms with E-state index >= 15 is 0 Å². The number of rotatable bonds is 6. The van der Waals surface area contributed by atoms with E-state index in [1.807, 2.05) is 31.0 Å². The van der Waals surface area contributed by atoms with Gasteiger partial charge in [-0.2, -0.15) is 0 Å². The normalized spacial score (nSPS) is 16.0. The molecular weight excluding hydrogens is 324 g/mol. The molecule has 1 unspecified atom stereocenters. The van der Waals surface area contributed by atoms with Gasteiger partial charge in [0, 0.05) is 18.8 Å². The van der Waals surface area contributed by atoms with Gasteiger partial charge < -0.3 is 4.90 Å². The topological polar surface area (TPSA) is 89.2 Å². The summed E-state index contributed by atoms with van der Waals surface area (Å²) >= 11 is 0. The first-order chi connectivity index (χ1) is 11.3. The van der Waals surface area contributed by atoms with Crippen molar-refractivity contribution in [2.45, 2.75) is 37.1 Å². The molecule has 128 valence electrons. The van der Waals surface area contributed by atoms with Crippen LogP contribution >= 0.6 is 0 Å². The average molecular weight is 346 g/mol. The van der Waals surface area contributed by atoms with Crippen LogP contribution in [-0.2, 0) is 16.4 Å². The first kappa shape index (κ1) is 16.9. The third-order valence-corrected chi connectivity index (χ3v) is 5.43. The molecule has 2 aromatic rings. The summed E-state index contributed by atoms with van der Waals surface area (Å²) in [5, 5.41) is 5.22. The number of aromatic nitrogens is 2. The van der Waals surface area contributed by atoms with Gasteiger partial charge in [-0.15, -0.1) is 0 Å². The van der Waals surface area contributed by atoms with Crippen LogP contribution in [0.4, 0.5) is 5.82 Å². The minimum Gasteiger partial charge on any atom is -0.353 e. The van der Waals surface area contributed by atoms with Crippen molar-refractivity contribution < 1.29 is 8.42 Å². The van der Waals surface area contributed by atoms with Crippen molar-refractivity contribution in [2.24, 2.45) is 11.1 Å². The van der Waals surface area contributed by atoms with Gasteiger partial charge in [0.1, 0.15) is 12.1 Å². The minimum absolute atomic E-state index is 0.0459. The largest absolute Gasteiger partial charge is 0.353 e. The molecule has 1 aliphatic rings. The van der Waals surface area contributed by atoms with Crippen LogP contribution in [0, 0.1) is 5.92 Å². The molecule has 1 fully saturated rings. The SMILES string of the molecule is CC(c1cccc(S(N)(=O)=O)c1)N(C)c1cc(CC2CC2)ncn1. The molecule has 1 saturated carbocycles. The zero-order chi connectivity index (χ0) is 17.3. The summed E-state index contributed by atoms with van der Waals surface area (Å²) in [5.41, 5.74) is 1.92. The maximum Gasteiger partial charge on any atom is 0.238 e. The zero-order valence-electron chi connectivity index (χ0n) is 13.9. The van der Waals surface area contributed by atoms with Gasteiger partial charge >= 0.3 is 0 Å². The van der Waals surface area contributed by atoms with Crippen LogP contribution in [0.25, 0.3) is 0 Å². The highest BCUT2D eigenvalue weighted by atomic mass is 32.2. The van der Waals surface area contributed by atoms with E-state index in [1.165, 1.54) is 18.9 Å². The Labute approximate surface area is 142 Å². The molecule has 1 heterocycles. The lowest BCUT2D eigenvalue weighted by atomic mass is 10.1. The second kappa shape index (κ2) is 6.49. The summed E-state index contributed by atoms with van der Waals surface area (Å²) in [6, 6.07) is 8.68. The molecule has 0 spiro atoms. The van der Waals surface area contributed by atoms with Gasteiger partial charge in [-0.3, -0.25) is 0 Å². The smallest absolute Gasteiger partial charge is 0.238 e. The van der Waals surface area contributed by atoms with Crippen molar-refractivity contribution >= 4 is 15.8 Å². The molecule has 3 rings (SSSR count). The maximum absolute atomic E-state index is 11.5. The van der Waals surface area contributed by atoms with Crippen molar-refractivity contribution in [3.05, 3.63) is 47.9 Å². The number of nitrogens with two attached hydrogens (primary N) is 1. The minimum atomic E-state index is -3.71. The second-order valence-corrected chi connectivity index (χ2v) is 7.98. The molecule has 7 heteroatoms. The predicted octanol–water partition coefficient (Wildman–Crippen LogP) is 2.27. The fourth-order valence-electron chi connectivity index (χ4n) is 2.68. The molecule has 2 N–H and O–H groups in total. The van der Waals surface area contributed by atoms with Crippen molar-refractivity contribution in [3.8, 4) is 0 Å². The number of primary sulfonamides is 1. The Hall–Kier alpha value is -1.99. The number of nitrogens with zero attached hydrogens (tertiary/aromatic N) is 3. The van der Waals surface area contributed by atoms with Gasteiger partial charge in [0.05, 0.1) is 10.9 Å². The van der Waals surface area contributed by atoms with E-state index in [0.29, 0.717) is 0 Å². The molecule has 24 heavy (non-hydrogen) atoms. The maximum atomic E-state index is 11.5. The van der Waals surface area contributed by atoms with E-state index in [4.69, 9.17) is 5.14 Å². The van der Waals surface area contributed by atoms with Crippen LogP contribution in [0.1, 0.15) is 37.1 Å². The van der Waals surface area contributed by atoms with Crippen molar-refractivity contribution in [1.82, 2.24) is 9.97 Å². The summed E-state index contributed by atoms with van der Waals surface area (Å²) in [5.74, 6) is 1.59. The Bertz CT molecular complexity index is 834. The zero-order valence-corrected chi connectivity index (χ0v) is 14.7. The molecule has 1 aliphatic carbocycles. The van der Waals surface area contributed by atoms with Crippen molar-refractivity contribution in [2.75, 3.05) is 11.9 Å². The van der Waals surface area contributed by atoms with Gasteiger partial charge in [-0.05, 0) is 49.8 Å². The highest BCUT2D eigenvalue weighted by Crippen LogP contribution is 2.33. The third kappa shape index (κ3) is 3.91. The number of hydrogen-bond acceptors (Lipinski definition) is 5. The Morgan fingerprint density at radius 3 is 2.71 bits per heavy atom. The second-order valence-electron chi connectivity index (χ2n) is 6.42. The molecular formula is C17H22N4O2S. The lowest BCUT2D eigenvalue weighted by molar-refractivity contribution is 0.597. The molecule has 0 aliphatic heterocycles. The van der Waals surface area contributed by atoms with E-state index in [9.17, 15) is 8.42 Å². The summed E-state index contributed by atoms with van der Waals surface area (Å²) < 4.78 is 23.1. The Kier molecular flexibility index (Phi) is 4.56. The molecule has 1 atom stereocenters. The predicted molar refractivity (Wildman–Crippen MR) is 93.1 cm³/mol. The Morgan fingerprint density at radius 1 is 1.29 bits per heavy atom. The lowest BCUT2D eigenvalue weighted by Crippen LogP contribution is -2.23. The fourth-order valence-corrected chi connectivity index (χ4v) is 3.25. The highest BCUT2D eigenvalue weighted by molar-refractivity contribution is 7.89. The number of hydrogen-bond donors (Lipinski definition) is 1. The van der Waals surface area contributed by atoms with E-state index in [0.717, 1.165) is 29.4 Å². The average Bonchev–Trinajstić information content (AvgIpc) is 3.37. The van der Waals surface area contributed by atoms with Crippen LogP contribution in [-0.4, -0.2) is 25.4 Å². The van der Waals surface area contributed by atoms with Gasteiger partial charge in [0.25, 0.3) is 0 Å². The van der Waals surface area contributed by atoms with Gasteiger partial charge in [0.15, 0.2) is 0 Å². The summed E-state index contributed by atoms with van der Waals surface area (Å²) in [4.78, 5) is 10.8. The van der Waals surface area contributed by atoms with E-state index in [1.54, 1.807) is 18.5 Å². The fraction of sp³-hybridized carbons (Fsp3) is 0.412. The number of benzene rings is 1. The number of sulfonamides is 1. The number of anilines is 1. The van der Waals surface area contributed by atoms with Crippen LogP contribution < -0.4 is 10.0 Å². The van der Waals surface area contributed by atoms with Crippen molar-refractivity contribution in [1.29, 1.82) is 0 Å². The first-order valence-corrected chi connectivity index (χ1v) is 9.56. The van der Waals surface area contributed by atoms with Gasteiger partial charge in [-0.25, -0.2) is 23.5 Å². The van der Waals surface area contributed by atoms with Crippen LogP contribution in [0.3, 0.4) is 0 Å². The molecule has 0 amide bonds. The summed E-state index contributed by atoms with van der Waals surface area (Å²) in [6.45, 7) is 2.00. The molecule has 0 radical (unpaired) electrons. The summed E-state index contributed by atoms with van der Waals surface area (Å²) in [6.07, 6.45) is 5.16. The van der Waals surface area contributed by atoms with E-state index in [2.05, 4.69) is 9.97 Å². The first-order valence-electron chi connectivity index (χ1n) is 8.01. The van der Waals surface area contributed by atoms with Crippen LogP contribution in [0.5, 0.6) is 0 Å². The Morgan fingerprint density at radius 2 is 2.04 bits per heavy atom. The van der Waals surface area contributed by atoms with Gasteiger partial charge in [-0.1, -0.05) is 12.1 Å². The molecule has 0 bridgehead atoms. The molecule has 0 saturated heterocycles. The Balaban J connectivity index is 1.82. The quantitative estimate of drug-likeness (QED) is 0.867. The summed E-state index contributed by atoms with van der Waals surface area (Å²) in [7, 11) is -1.76. The third-order valence-electron chi connectivity index (χ3n) is 4.52. The molecule has 1 aromatic heterocycles. The lowest BCUT2D eigenvalue weighted by Gasteiger charge is -2.26. The highest BCUT2D eigenvalue weighted by Gasteiger charge is 2.23. The molecule has 6 nitrogen and oxygen atoms in total. The van der Waals surface area contributed by atoms with Crippen LogP contribution in [0.15, 0.2) is 41.6 Å². The van der Waals surface area contributed by atoms with Crippen molar-refractivity contribution in [3.63, 3.8) is 0 Å².